The predicted molar refractivity (Wildman–Crippen MR) is 114 cm³/mol. The lowest BCUT2D eigenvalue weighted by atomic mass is 10.2. The summed E-state index contributed by atoms with van der Waals surface area (Å²) in [4.78, 5) is 33.7. The number of carbonyl (C=O) groups is 1. The molecule has 0 saturated carbocycles. The third-order valence-corrected chi connectivity index (χ3v) is 5.09. The molecular formula is C22H24ClN3O3. The van der Waals surface area contributed by atoms with Gasteiger partial charge >= 0.3 is 0 Å². The first-order chi connectivity index (χ1) is 14.0. The van der Waals surface area contributed by atoms with Gasteiger partial charge in [-0.05, 0) is 56.2 Å². The molecule has 0 atom stereocenters. The normalized spacial score (nSPS) is 10.9. The van der Waals surface area contributed by atoms with E-state index in [-0.39, 0.29) is 18.0 Å². The highest BCUT2D eigenvalue weighted by molar-refractivity contribution is 6.31. The molecule has 0 radical (unpaired) electrons. The number of amides is 1. The van der Waals surface area contributed by atoms with E-state index in [4.69, 9.17) is 16.3 Å². The summed E-state index contributed by atoms with van der Waals surface area (Å²) < 4.78 is 5.70. The van der Waals surface area contributed by atoms with Crippen LogP contribution in [0, 0.1) is 6.92 Å². The van der Waals surface area contributed by atoms with Crippen molar-refractivity contribution >= 4 is 28.4 Å². The molecule has 29 heavy (non-hydrogen) atoms. The highest BCUT2D eigenvalue weighted by atomic mass is 35.5. The monoisotopic (exact) mass is 413 g/mol. The van der Waals surface area contributed by atoms with Crippen LogP contribution in [0.4, 0.5) is 0 Å². The van der Waals surface area contributed by atoms with E-state index in [2.05, 4.69) is 9.97 Å². The number of nitrogens with one attached hydrogen (secondary N) is 1. The average molecular weight is 414 g/mol. The predicted octanol–water partition coefficient (Wildman–Crippen LogP) is 4.09. The molecule has 7 heteroatoms. The Bertz CT molecular complexity index is 1060. The Hall–Kier alpha value is -2.86. The van der Waals surface area contributed by atoms with E-state index in [9.17, 15) is 9.59 Å². The molecule has 1 aromatic heterocycles. The van der Waals surface area contributed by atoms with Crippen molar-refractivity contribution in [1.82, 2.24) is 14.9 Å². The lowest BCUT2D eigenvalue weighted by molar-refractivity contribution is -0.131. The number of ether oxygens (including phenoxy) is 1. The Balaban J connectivity index is 1.55. The number of halogens is 1. The van der Waals surface area contributed by atoms with Gasteiger partial charge in [-0.1, -0.05) is 23.7 Å². The van der Waals surface area contributed by atoms with Gasteiger partial charge in [-0.15, -0.1) is 0 Å². The standard InChI is InChI=1S/C22H24ClN3O3/c1-3-26(14-20-24-19-8-5-4-7-17(19)22(28)25-20)21(27)9-6-12-29-16-10-11-18(23)15(2)13-16/h4-5,7-8,10-11,13H,3,6,9,12,14H2,1-2H3,(H,24,25,28). The van der Waals surface area contributed by atoms with Crippen LogP contribution in [0.3, 0.4) is 0 Å². The molecule has 1 N–H and O–H groups in total. The maximum Gasteiger partial charge on any atom is 0.258 e. The summed E-state index contributed by atoms with van der Waals surface area (Å²) in [6.07, 6.45) is 0.955. The van der Waals surface area contributed by atoms with Crippen molar-refractivity contribution in [2.75, 3.05) is 13.2 Å². The second kappa shape index (κ2) is 9.56. The second-order valence-electron chi connectivity index (χ2n) is 6.80. The summed E-state index contributed by atoms with van der Waals surface area (Å²) in [5.74, 6) is 1.22. The largest absolute Gasteiger partial charge is 0.494 e. The van der Waals surface area contributed by atoms with Crippen molar-refractivity contribution in [1.29, 1.82) is 0 Å². The van der Waals surface area contributed by atoms with Crippen molar-refractivity contribution in [3.8, 4) is 5.75 Å². The molecule has 6 nitrogen and oxygen atoms in total. The summed E-state index contributed by atoms with van der Waals surface area (Å²) in [6.45, 7) is 5.07. The molecule has 1 amide bonds. The van der Waals surface area contributed by atoms with Crippen LogP contribution >= 0.6 is 11.6 Å². The van der Waals surface area contributed by atoms with Crippen LogP contribution in [0.1, 0.15) is 31.2 Å². The smallest absolute Gasteiger partial charge is 0.258 e. The van der Waals surface area contributed by atoms with Crippen molar-refractivity contribution in [3.63, 3.8) is 0 Å². The maximum absolute atomic E-state index is 12.6. The summed E-state index contributed by atoms with van der Waals surface area (Å²) in [6, 6.07) is 12.7. The van der Waals surface area contributed by atoms with E-state index in [0.29, 0.717) is 47.7 Å². The van der Waals surface area contributed by atoms with E-state index in [1.807, 2.05) is 32.0 Å². The Labute approximate surface area is 174 Å². The van der Waals surface area contributed by atoms with Crippen LogP contribution in [-0.4, -0.2) is 33.9 Å². The van der Waals surface area contributed by atoms with Gasteiger partial charge < -0.3 is 14.6 Å². The van der Waals surface area contributed by atoms with E-state index < -0.39 is 0 Å². The number of carbonyl (C=O) groups excluding carboxylic acids is 1. The Morgan fingerprint density at radius 2 is 2.03 bits per heavy atom. The molecule has 0 spiro atoms. The van der Waals surface area contributed by atoms with E-state index in [1.54, 1.807) is 29.2 Å². The van der Waals surface area contributed by atoms with Gasteiger partial charge in [0.05, 0.1) is 24.1 Å². The van der Waals surface area contributed by atoms with Crippen molar-refractivity contribution in [2.45, 2.75) is 33.2 Å². The summed E-state index contributed by atoms with van der Waals surface area (Å²) in [7, 11) is 0. The number of hydrogen-bond acceptors (Lipinski definition) is 4. The number of hydrogen-bond donors (Lipinski definition) is 1. The lowest BCUT2D eigenvalue weighted by Gasteiger charge is -2.20. The molecule has 152 valence electrons. The minimum Gasteiger partial charge on any atom is -0.494 e. The van der Waals surface area contributed by atoms with Gasteiger partial charge in [0.1, 0.15) is 11.6 Å². The van der Waals surface area contributed by atoms with Crippen LogP contribution in [0.25, 0.3) is 10.9 Å². The number of nitrogens with zero attached hydrogens (tertiary/aromatic N) is 2. The number of rotatable bonds is 8. The van der Waals surface area contributed by atoms with Crippen molar-refractivity contribution < 1.29 is 9.53 Å². The molecule has 0 bridgehead atoms. The minimum absolute atomic E-state index is 0.000746. The maximum atomic E-state index is 12.6. The van der Waals surface area contributed by atoms with Gasteiger partial charge in [0.15, 0.2) is 0 Å². The Morgan fingerprint density at radius 3 is 2.79 bits per heavy atom. The molecule has 3 rings (SSSR count). The number of aromatic nitrogens is 2. The third kappa shape index (κ3) is 5.35. The Kier molecular flexibility index (Phi) is 6.88. The van der Waals surface area contributed by atoms with E-state index in [1.165, 1.54) is 0 Å². The highest BCUT2D eigenvalue weighted by Crippen LogP contribution is 2.21. The summed E-state index contributed by atoms with van der Waals surface area (Å²) in [5, 5.41) is 1.24. The van der Waals surface area contributed by atoms with E-state index >= 15 is 0 Å². The fraction of sp³-hybridized carbons (Fsp3) is 0.318. The van der Waals surface area contributed by atoms with Crippen LogP contribution < -0.4 is 10.3 Å². The molecule has 0 saturated heterocycles. The Morgan fingerprint density at radius 1 is 1.24 bits per heavy atom. The zero-order chi connectivity index (χ0) is 20.8. The molecular weight excluding hydrogens is 390 g/mol. The average Bonchev–Trinajstić information content (AvgIpc) is 2.72. The molecule has 1 heterocycles. The molecule has 0 aliphatic heterocycles. The second-order valence-corrected chi connectivity index (χ2v) is 7.21. The SMILES string of the molecule is CCN(Cc1nc2ccccc2c(=O)[nH]1)C(=O)CCCOc1ccc(Cl)c(C)c1. The first-order valence-electron chi connectivity index (χ1n) is 9.62. The fourth-order valence-corrected chi connectivity index (χ4v) is 3.16. The number of H-pyrrole nitrogens is 1. The third-order valence-electron chi connectivity index (χ3n) is 4.67. The number of fused-ring (bicyclic) bond motifs is 1. The van der Waals surface area contributed by atoms with Crippen LogP contribution in [0.5, 0.6) is 5.75 Å². The topological polar surface area (TPSA) is 75.3 Å². The van der Waals surface area contributed by atoms with Gasteiger partial charge in [-0.25, -0.2) is 4.98 Å². The molecule has 0 fully saturated rings. The van der Waals surface area contributed by atoms with Gasteiger partial charge in [0.2, 0.25) is 5.91 Å². The van der Waals surface area contributed by atoms with E-state index in [0.717, 1.165) is 11.3 Å². The number of aromatic amines is 1. The fourth-order valence-electron chi connectivity index (χ4n) is 3.05. The lowest BCUT2D eigenvalue weighted by Crippen LogP contribution is -2.32. The first-order valence-corrected chi connectivity index (χ1v) is 10.0. The molecule has 0 aliphatic rings. The number of para-hydroxylation sites is 1. The summed E-state index contributed by atoms with van der Waals surface area (Å²) in [5.41, 5.74) is 1.39. The zero-order valence-electron chi connectivity index (χ0n) is 16.6. The number of aryl methyl sites for hydroxylation is 1. The minimum atomic E-state index is -0.194. The van der Waals surface area contributed by atoms with Gasteiger partial charge in [-0.3, -0.25) is 9.59 Å². The van der Waals surface area contributed by atoms with Crippen LogP contribution in [0.2, 0.25) is 5.02 Å². The number of benzene rings is 2. The van der Waals surface area contributed by atoms with Gasteiger partial charge in [0, 0.05) is 18.0 Å². The summed E-state index contributed by atoms with van der Waals surface area (Å²) >= 11 is 6.01. The van der Waals surface area contributed by atoms with Gasteiger partial charge in [-0.2, -0.15) is 0 Å². The van der Waals surface area contributed by atoms with Crippen molar-refractivity contribution in [2.24, 2.45) is 0 Å². The molecule has 2 aromatic carbocycles. The highest BCUT2D eigenvalue weighted by Gasteiger charge is 2.14. The molecule has 0 aliphatic carbocycles. The van der Waals surface area contributed by atoms with Gasteiger partial charge in [0.25, 0.3) is 5.56 Å². The quantitative estimate of drug-likeness (QED) is 0.564. The first kappa shape index (κ1) is 20.9. The van der Waals surface area contributed by atoms with Crippen LogP contribution in [-0.2, 0) is 11.3 Å². The zero-order valence-corrected chi connectivity index (χ0v) is 17.3. The van der Waals surface area contributed by atoms with Crippen molar-refractivity contribution in [3.05, 3.63) is 69.2 Å². The van der Waals surface area contributed by atoms with Crippen LogP contribution in [0.15, 0.2) is 47.3 Å². The molecule has 3 aromatic rings. The molecule has 0 unspecified atom stereocenters.